The number of ether oxygens (including phenoxy) is 1. The first kappa shape index (κ1) is 17.3. The summed E-state index contributed by atoms with van der Waals surface area (Å²) < 4.78 is 20.2. The van der Waals surface area contributed by atoms with Crippen LogP contribution >= 0.6 is 11.6 Å². The summed E-state index contributed by atoms with van der Waals surface area (Å²) in [6, 6.07) is 7.42. The number of aromatic nitrogens is 1. The molecule has 0 spiro atoms. The summed E-state index contributed by atoms with van der Waals surface area (Å²) in [6.07, 6.45) is 0. The number of fused-ring (bicyclic) bond motifs is 1. The maximum Gasteiger partial charge on any atom is 0.136 e. The molecule has 0 radical (unpaired) electrons. The van der Waals surface area contributed by atoms with Gasteiger partial charge in [0.05, 0.1) is 18.7 Å². The van der Waals surface area contributed by atoms with Gasteiger partial charge in [0.2, 0.25) is 0 Å². The second-order valence-electron chi connectivity index (χ2n) is 6.15. The predicted octanol–water partition coefficient (Wildman–Crippen LogP) is 4.01. The molecule has 1 N–H and O–H groups in total. The van der Waals surface area contributed by atoms with Crippen molar-refractivity contribution in [3.8, 4) is 5.75 Å². The molecule has 1 aromatic heterocycles. The Hall–Kier alpha value is -1.01. The van der Waals surface area contributed by atoms with Crippen LogP contribution < -0.4 is 9.46 Å². The fourth-order valence-electron chi connectivity index (χ4n) is 1.98. The Balaban J connectivity index is 2.35. The molecule has 0 unspecified atom stereocenters. The zero-order chi connectivity index (χ0) is 16.5. The van der Waals surface area contributed by atoms with Gasteiger partial charge < -0.3 is 9.29 Å². The molecule has 0 saturated heterocycles. The summed E-state index contributed by atoms with van der Waals surface area (Å²) in [5.41, 5.74) is 1.62. The number of pyridine rings is 1. The lowest BCUT2D eigenvalue weighted by atomic mass is 10.1. The Morgan fingerprint density at radius 3 is 2.59 bits per heavy atom. The lowest BCUT2D eigenvalue weighted by Gasteiger charge is -2.26. The van der Waals surface area contributed by atoms with Crippen molar-refractivity contribution in [2.24, 2.45) is 0 Å². The Kier molecular flexibility index (Phi) is 5.22. The highest BCUT2D eigenvalue weighted by Gasteiger charge is 2.29. The number of halogens is 1. The van der Waals surface area contributed by atoms with Crippen LogP contribution in [0.25, 0.3) is 10.9 Å². The van der Waals surface area contributed by atoms with E-state index in [9.17, 15) is 4.55 Å². The van der Waals surface area contributed by atoms with Crippen LogP contribution in [0.5, 0.6) is 5.75 Å². The highest BCUT2D eigenvalue weighted by molar-refractivity contribution is 7.90. The molecule has 22 heavy (non-hydrogen) atoms. The second-order valence-corrected chi connectivity index (χ2v) is 8.50. The van der Waals surface area contributed by atoms with Crippen LogP contribution in [0.4, 0.5) is 0 Å². The minimum absolute atomic E-state index is 0.171. The first-order valence-electron chi connectivity index (χ1n) is 7.04. The van der Waals surface area contributed by atoms with Crippen LogP contribution in [0.3, 0.4) is 0 Å². The molecule has 6 heteroatoms. The molecule has 0 aliphatic heterocycles. The van der Waals surface area contributed by atoms with Gasteiger partial charge in [0.15, 0.2) is 0 Å². The Morgan fingerprint density at radius 2 is 2.00 bits per heavy atom. The summed E-state index contributed by atoms with van der Waals surface area (Å²) >= 11 is 5.11. The standard InChI is InChI=1S/C16H21ClN2O2S/c1-10(19-22(20)16(2,3)4)13-9-11-8-12(21-5)6-7-14(11)18-15(13)17/h6-10,19H,1-5H3/t10-,22-/m0/s1. The molecule has 0 amide bonds. The van der Waals surface area contributed by atoms with Crippen LogP contribution in [-0.4, -0.2) is 21.4 Å². The van der Waals surface area contributed by atoms with Crippen LogP contribution in [0, 0.1) is 0 Å². The van der Waals surface area contributed by atoms with Crippen molar-refractivity contribution >= 4 is 33.9 Å². The van der Waals surface area contributed by atoms with E-state index in [1.54, 1.807) is 7.11 Å². The number of methoxy groups -OCH3 is 1. The maximum absolute atomic E-state index is 12.2. The van der Waals surface area contributed by atoms with Crippen molar-refractivity contribution in [2.45, 2.75) is 38.5 Å². The largest absolute Gasteiger partial charge is 0.598 e. The topological polar surface area (TPSA) is 57.2 Å². The van der Waals surface area contributed by atoms with E-state index in [1.807, 2.05) is 52.0 Å². The van der Waals surface area contributed by atoms with E-state index < -0.39 is 11.4 Å². The molecular weight excluding hydrogens is 320 g/mol. The van der Waals surface area contributed by atoms with Crippen LogP contribution in [0.2, 0.25) is 5.15 Å². The quantitative estimate of drug-likeness (QED) is 0.675. The minimum atomic E-state index is -1.18. The molecular formula is C16H21ClN2O2S. The molecule has 2 aromatic rings. The molecule has 0 saturated carbocycles. The summed E-state index contributed by atoms with van der Waals surface area (Å²) in [7, 11) is 1.63. The maximum atomic E-state index is 12.2. The number of rotatable bonds is 4. The van der Waals surface area contributed by atoms with E-state index in [0.29, 0.717) is 5.15 Å². The molecule has 1 heterocycles. The predicted molar refractivity (Wildman–Crippen MR) is 92.8 cm³/mol. The van der Waals surface area contributed by atoms with Gasteiger partial charge in [-0.3, -0.25) is 0 Å². The monoisotopic (exact) mass is 340 g/mol. The highest BCUT2D eigenvalue weighted by atomic mass is 35.5. The third-order valence-electron chi connectivity index (χ3n) is 3.31. The van der Waals surface area contributed by atoms with E-state index in [4.69, 9.17) is 16.3 Å². The highest BCUT2D eigenvalue weighted by Crippen LogP contribution is 2.29. The van der Waals surface area contributed by atoms with Crippen molar-refractivity contribution in [3.05, 3.63) is 35.0 Å². The molecule has 0 aliphatic rings. The van der Waals surface area contributed by atoms with Crippen molar-refractivity contribution in [1.29, 1.82) is 0 Å². The van der Waals surface area contributed by atoms with Gasteiger partial charge in [-0.25, -0.2) is 4.98 Å². The summed E-state index contributed by atoms with van der Waals surface area (Å²) in [5.74, 6) is 0.765. The third kappa shape index (κ3) is 3.84. The first-order chi connectivity index (χ1) is 10.2. The smallest absolute Gasteiger partial charge is 0.136 e. The van der Waals surface area contributed by atoms with Gasteiger partial charge in [0.1, 0.15) is 15.6 Å². The summed E-state index contributed by atoms with van der Waals surface area (Å²) in [5, 5.41) is 1.36. The zero-order valence-electron chi connectivity index (χ0n) is 13.4. The van der Waals surface area contributed by atoms with Gasteiger partial charge in [0, 0.05) is 22.3 Å². The van der Waals surface area contributed by atoms with Crippen molar-refractivity contribution < 1.29 is 9.29 Å². The lowest BCUT2D eigenvalue weighted by molar-refractivity contribution is 0.415. The van der Waals surface area contributed by atoms with Crippen LogP contribution in [0.1, 0.15) is 39.3 Å². The van der Waals surface area contributed by atoms with Crippen LogP contribution in [-0.2, 0) is 11.4 Å². The SMILES string of the molecule is COc1ccc2nc(Cl)c([C@H](C)N[S@@+]([O-])C(C)(C)C)cc2c1. The van der Waals surface area contributed by atoms with E-state index in [2.05, 4.69) is 9.71 Å². The van der Waals surface area contributed by atoms with Gasteiger partial charge in [-0.2, -0.15) is 0 Å². The molecule has 0 aliphatic carbocycles. The molecule has 2 atom stereocenters. The Labute approximate surface area is 139 Å². The fraction of sp³-hybridized carbons (Fsp3) is 0.438. The number of nitrogens with zero attached hydrogens (tertiary/aromatic N) is 1. The van der Waals surface area contributed by atoms with E-state index in [0.717, 1.165) is 22.2 Å². The van der Waals surface area contributed by atoms with Crippen molar-refractivity contribution in [1.82, 2.24) is 9.71 Å². The normalized spacial score (nSPS) is 14.9. The molecule has 2 rings (SSSR count). The average Bonchev–Trinajstić information content (AvgIpc) is 2.44. The van der Waals surface area contributed by atoms with E-state index >= 15 is 0 Å². The van der Waals surface area contributed by atoms with Crippen LogP contribution in [0.15, 0.2) is 24.3 Å². The summed E-state index contributed by atoms with van der Waals surface area (Å²) in [6.45, 7) is 7.70. The Bertz CT molecular complexity index is 673. The van der Waals surface area contributed by atoms with Crippen molar-refractivity contribution in [2.75, 3.05) is 7.11 Å². The number of nitrogens with one attached hydrogen (secondary N) is 1. The Morgan fingerprint density at radius 1 is 1.32 bits per heavy atom. The van der Waals surface area contributed by atoms with Gasteiger partial charge in [-0.15, -0.1) is 4.72 Å². The fourth-order valence-corrected chi connectivity index (χ4v) is 3.09. The molecule has 0 fully saturated rings. The number of benzene rings is 1. The van der Waals surface area contributed by atoms with Gasteiger partial charge in [0.25, 0.3) is 0 Å². The number of hydrogen-bond acceptors (Lipinski definition) is 4. The average molecular weight is 341 g/mol. The lowest BCUT2D eigenvalue weighted by Crippen LogP contribution is -2.40. The molecule has 0 bridgehead atoms. The molecule has 1 aromatic carbocycles. The first-order valence-corrected chi connectivity index (χ1v) is 8.57. The minimum Gasteiger partial charge on any atom is -0.598 e. The third-order valence-corrected chi connectivity index (χ3v) is 5.29. The van der Waals surface area contributed by atoms with E-state index in [1.165, 1.54) is 0 Å². The van der Waals surface area contributed by atoms with Crippen molar-refractivity contribution in [3.63, 3.8) is 0 Å². The van der Waals surface area contributed by atoms with Gasteiger partial charge >= 0.3 is 0 Å². The molecule has 120 valence electrons. The summed E-state index contributed by atoms with van der Waals surface area (Å²) in [4.78, 5) is 4.41. The van der Waals surface area contributed by atoms with Gasteiger partial charge in [-0.1, -0.05) is 11.6 Å². The zero-order valence-corrected chi connectivity index (χ0v) is 15.0. The molecule has 4 nitrogen and oxygen atoms in total. The van der Waals surface area contributed by atoms with E-state index in [-0.39, 0.29) is 10.8 Å². The second kappa shape index (κ2) is 6.62. The van der Waals surface area contributed by atoms with Gasteiger partial charge in [-0.05, 0) is 52.0 Å². The number of hydrogen-bond donors (Lipinski definition) is 1.